The second-order valence-electron chi connectivity index (χ2n) is 4.54. The largest absolute Gasteiger partial charge is 0.379 e. The third-order valence-electron chi connectivity index (χ3n) is 3.31. The first kappa shape index (κ1) is 12.0. The second-order valence-corrected chi connectivity index (χ2v) is 4.80. The van der Waals surface area contributed by atoms with Crippen molar-refractivity contribution in [3.8, 4) is 0 Å². The summed E-state index contributed by atoms with van der Waals surface area (Å²) < 4.78 is 5.35. The first-order valence-corrected chi connectivity index (χ1v) is 6.72. The Bertz CT molecular complexity index is 534. The van der Waals surface area contributed by atoms with E-state index in [9.17, 15) is 0 Å². The van der Waals surface area contributed by atoms with Gasteiger partial charge in [-0.2, -0.15) is 0 Å². The van der Waals surface area contributed by atoms with Gasteiger partial charge in [0.05, 0.1) is 24.8 Å². The van der Waals surface area contributed by atoms with Crippen LogP contribution in [0.25, 0.3) is 10.9 Å². The number of rotatable bonds is 3. The van der Waals surface area contributed by atoms with E-state index < -0.39 is 0 Å². The fraction of sp³-hybridized carbons (Fsp3) is 0.462. The molecule has 96 valence electrons. The van der Waals surface area contributed by atoms with Crippen molar-refractivity contribution in [2.45, 2.75) is 12.4 Å². The highest BCUT2D eigenvalue weighted by atomic mass is 35.5. The summed E-state index contributed by atoms with van der Waals surface area (Å²) in [5.41, 5.74) is 3.27. The van der Waals surface area contributed by atoms with Crippen molar-refractivity contribution >= 4 is 22.5 Å². The predicted octanol–water partition coefficient (Wildman–Crippen LogP) is 2.13. The average Bonchev–Trinajstić information content (AvgIpc) is 2.82. The molecule has 2 aromatic rings. The van der Waals surface area contributed by atoms with Gasteiger partial charge in [-0.3, -0.25) is 9.88 Å². The van der Waals surface area contributed by atoms with Crippen molar-refractivity contribution in [3.63, 3.8) is 0 Å². The zero-order valence-electron chi connectivity index (χ0n) is 10.2. The molecule has 3 rings (SSSR count). The predicted molar refractivity (Wildman–Crippen MR) is 71.7 cm³/mol. The van der Waals surface area contributed by atoms with E-state index in [4.69, 9.17) is 16.3 Å². The van der Waals surface area contributed by atoms with E-state index in [1.54, 1.807) is 6.20 Å². The number of H-pyrrole nitrogens is 1. The highest BCUT2D eigenvalue weighted by Gasteiger charge is 2.12. The maximum absolute atomic E-state index is 5.90. The summed E-state index contributed by atoms with van der Waals surface area (Å²) in [4.78, 5) is 10.1. The molecule has 1 saturated heterocycles. The van der Waals surface area contributed by atoms with Crippen LogP contribution in [0.3, 0.4) is 0 Å². The van der Waals surface area contributed by atoms with Crippen LogP contribution in [0.4, 0.5) is 0 Å². The second kappa shape index (κ2) is 5.26. The zero-order valence-corrected chi connectivity index (χ0v) is 10.9. The van der Waals surface area contributed by atoms with Gasteiger partial charge in [-0.25, -0.2) is 0 Å². The Labute approximate surface area is 111 Å². The maximum atomic E-state index is 5.90. The van der Waals surface area contributed by atoms with E-state index in [2.05, 4.69) is 20.9 Å². The number of hydrogen-bond donors (Lipinski definition) is 1. The van der Waals surface area contributed by atoms with Crippen LogP contribution >= 0.6 is 11.6 Å². The summed E-state index contributed by atoms with van der Waals surface area (Å²) in [6.45, 7) is 4.58. The van der Waals surface area contributed by atoms with Gasteiger partial charge in [0.1, 0.15) is 0 Å². The van der Waals surface area contributed by atoms with E-state index in [0.29, 0.717) is 5.88 Å². The molecule has 0 bridgehead atoms. The maximum Gasteiger partial charge on any atom is 0.0654 e. The molecule has 0 aromatic carbocycles. The fourth-order valence-electron chi connectivity index (χ4n) is 2.36. The number of pyridine rings is 1. The van der Waals surface area contributed by atoms with Gasteiger partial charge in [0.25, 0.3) is 0 Å². The average molecular weight is 266 g/mol. The van der Waals surface area contributed by atoms with Crippen LogP contribution in [0, 0.1) is 0 Å². The lowest BCUT2D eigenvalue weighted by Gasteiger charge is -2.25. The normalized spacial score (nSPS) is 17.4. The molecule has 4 nitrogen and oxygen atoms in total. The summed E-state index contributed by atoms with van der Waals surface area (Å²) in [6, 6.07) is 4.16. The van der Waals surface area contributed by atoms with Crippen LogP contribution in [-0.4, -0.2) is 41.2 Å². The van der Waals surface area contributed by atoms with Crippen molar-refractivity contribution < 1.29 is 4.74 Å². The Kier molecular flexibility index (Phi) is 3.50. The van der Waals surface area contributed by atoms with Gasteiger partial charge >= 0.3 is 0 Å². The number of fused-ring (bicyclic) bond motifs is 1. The molecule has 0 aliphatic carbocycles. The minimum absolute atomic E-state index is 0.451. The minimum atomic E-state index is 0.451. The van der Waals surface area contributed by atoms with Gasteiger partial charge in [-0.15, -0.1) is 11.6 Å². The lowest BCUT2D eigenvalue weighted by atomic mass is 10.2. The number of aromatic amines is 1. The van der Waals surface area contributed by atoms with Gasteiger partial charge in [0, 0.05) is 42.4 Å². The van der Waals surface area contributed by atoms with Crippen LogP contribution < -0.4 is 0 Å². The Morgan fingerprint density at radius 3 is 3.00 bits per heavy atom. The van der Waals surface area contributed by atoms with Crippen molar-refractivity contribution in [1.82, 2.24) is 14.9 Å². The number of hydrogen-bond acceptors (Lipinski definition) is 3. The third kappa shape index (κ3) is 2.36. The molecule has 0 spiro atoms. The monoisotopic (exact) mass is 265 g/mol. The molecule has 3 heterocycles. The molecular formula is C13H16ClN3O. The van der Waals surface area contributed by atoms with Gasteiger partial charge < -0.3 is 9.72 Å². The molecular weight excluding hydrogens is 250 g/mol. The molecule has 1 N–H and O–H groups in total. The third-order valence-corrected chi connectivity index (χ3v) is 3.56. The standard InChI is InChI=1S/C13H16ClN3O/c14-8-13-11-7-10(16-12(11)1-2-15-13)9-17-3-5-18-6-4-17/h1-2,7,16H,3-6,8-9H2. The first-order chi connectivity index (χ1) is 8.86. The lowest BCUT2D eigenvalue weighted by Crippen LogP contribution is -2.35. The van der Waals surface area contributed by atoms with Gasteiger partial charge in [-0.05, 0) is 12.1 Å². The van der Waals surface area contributed by atoms with E-state index in [-0.39, 0.29) is 0 Å². The number of alkyl halides is 1. The lowest BCUT2D eigenvalue weighted by molar-refractivity contribution is 0.0337. The Morgan fingerprint density at radius 2 is 2.22 bits per heavy atom. The van der Waals surface area contributed by atoms with Crippen LogP contribution in [-0.2, 0) is 17.2 Å². The molecule has 18 heavy (non-hydrogen) atoms. The molecule has 0 amide bonds. The zero-order chi connectivity index (χ0) is 12.4. The van der Waals surface area contributed by atoms with E-state index >= 15 is 0 Å². The molecule has 5 heteroatoms. The Morgan fingerprint density at radius 1 is 1.39 bits per heavy atom. The number of nitrogens with zero attached hydrogens (tertiary/aromatic N) is 2. The number of nitrogens with one attached hydrogen (secondary N) is 1. The molecule has 0 radical (unpaired) electrons. The van der Waals surface area contributed by atoms with Gasteiger partial charge in [0.15, 0.2) is 0 Å². The Hall–Kier alpha value is -1.10. The fourth-order valence-corrected chi connectivity index (χ4v) is 2.57. The highest BCUT2D eigenvalue weighted by molar-refractivity contribution is 6.17. The molecule has 0 atom stereocenters. The van der Waals surface area contributed by atoms with Crippen molar-refractivity contribution in [1.29, 1.82) is 0 Å². The number of ether oxygens (including phenoxy) is 1. The molecule has 1 aliphatic heterocycles. The van der Waals surface area contributed by atoms with Gasteiger partial charge in [0.2, 0.25) is 0 Å². The first-order valence-electron chi connectivity index (χ1n) is 6.18. The topological polar surface area (TPSA) is 41.2 Å². The van der Waals surface area contributed by atoms with E-state index in [1.165, 1.54) is 5.69 Å². The molecule has 1 aliphatic rings. The summed E-state index contributed by atoms with van der Waals surface area (Å²) in [5, 5.41) is 1.13. The summed E-state index contributed by atoms with van der Waals surface area (Å²) in [7, 11) is 0. The van der Waals surface area contributed by atoms with Crippen molar-refractivity contribution in [2.75, 3.05) is 26.3 Å². The number of morpholine rings is 1. The van der Waals surface area contributed by atoms with Crippen molar-refractivity contribution in [3.05, 3.63) is 29.7 Å². The van der Waals surface area contributed by atoms with E-state index in [1.807, 2.05) is 6.07 Å². The van der Waals surface area contributed by atoms with Crippen molar-refractivity contribution in [2.24, 2.45) is 0 Å². The Balaban J connectivity index is 1.84. The van der Waals surface area contributed by atoms with Crippen LogP contribution in [0.1, 0.15) is 11.4 Å². The molecule has 0 unspecified atom stereocenters. The quantitative estimate of drug-likeness (QED) is 0.865. The molecule has 0 saturated carbocycles. The van der Waals surface area contributed by atoms with Gasteiger partial charge in [-0.1, -0.05) is 0 Å². The highest BCUT2D eigenvalue weighted by Crippen LogP contribution is 2.20. The number of halogens is 1. The van der Waals surface area contributed by atoms with Crippen LogP contribution in [0.15, 0.2) is 18.3 Å². The smallest absolute Gasteiger partial charge is 0.0654 e. The van der Waals surface area contributed by atoms with Crippen LogP contribution in [0.5, 0.6) is 0 Å². The van der Waals surface area contributed by atoms with Crippen LogP contribution in [0.2, 0.25) is 0 Å². The molecule has 1 fully saturated rings. The summed E-state index contributed by atoms with van der Waals surface area (Å²) in [5.74, 6) is 0.451. The summed E-state index contributed by atoms with van der Waals surface area (Å²) >= 11 is 5.90. The molecule has 2 aromatic heterocycles. The summed E-state index contributed by atoms with van der Waals surface area (Å²) in [6.07, 6.45) is 1.80. The minimum Gasteiger partial charge on any atom is -0.379 e. The van der Waals surface area contributed by atoms with E-state index in [0.717, 1.165) is 49.4 Å². The SMILES string of the molecule is ClCc1nccc2[nH]c(CN3CCOCC3)cc12. The number of aromatic nitrogens is 2.